The Balaban J connectivity index is 1.96. The molecule has 0 saturated carbocycles. The molecule has 0 bridgehead atoms. The Bertz CT molecular complexity index is 953. The minimum Gasteiger partial charge on any atom is -0.463 e. The molecule has 3 heterocycles. The maximum Gasteiger partial charge on any atom is 0.319 e. The van der Waals surface area contributed by atoms with Crippen LogP contribution in [0.4, 0.5) is 0 Å². The summed E-state index contributed by atoms with van der Waals surface area (Å²) in [4.78, 5) is 34.7. The van der Waals surface area contributed by atoms with E-state index in [4.69, 9.17) is 18.9 Å². The predicted molar refractivity (Wildman–Crippen MR) is 171 cm³/mol. The summed E-state index contributed by atoms with van der Waals surface area (Å²) in [5.41, 5.74) is -2.30. The van der Waals surface area contributed by atoms with E-state index in [0.29, 0.717) is 24.8 Å². The molecule has 256 valence electrons. The molecule has 0 aromatic heterocycles. The lowest BCUT2D eigenvalue weighted by Gasteiger charge is -2.47. The molecule has 10 nitrogen and oxygen atoms in total. The third kappa shape index (κ3) is 8.41. The summed E-state index contributed by atoms with van der Waals surface area (Å²) in [5.74, 6) is -0.977. The van der Waals surface area contributed by atoms with Gasteiger partial charge < -0.3 is 33.9 Å². The molecule has 3 saturated heterocycles. The van der Waals surface area contributed by atoms with Crippen LogP contribution in [0.3, 0.4) is 0 Å². The van der Waals surface area contributed by atoms with Crippen LogP contribution in [0, 0.1) is 23.2 Å². The highest BCUT2D eigenvalue weighted by Crippen LogP contribution is 2.38. The Morgan fingerprint density at radius 3 is 2.23 bits per heavy atom. The third-order valence-corrected chi connectivity index (χ3v) is 10.8. The second-order valence-electron chi connectivity index (χ2n) is 15.3. The molecule has 9 atom stereocenters. The number of ether oxygens (including phenoxy) is 4. The average molecular weight is 626 g/mol. The van der Waals surface area contributed by atoms with Crippen molar-refractivity contribution in [2.45, 2.75) is 129 Å². The Kier molecular flexibility index (Phi) is 12.9. The lowest BCUT2D eigenvalue weighted by Crippen LogP contribution is -2.59. The molecule has 0 unspecified atom stereocenters. The van der Waals surface area contributed by atoms with Crippen molar-refractivity contribution in [3.8, 4) is 0 Å². The van der Waals surface area contributed by atoms with Crippen LogP contribution in [-0.2, 0) is 28.5 Å². The van der Waals surface area contributed by atoms with E-state index >= 15 is 0 Å². The quantitative estimate of drug-likeness (QED) is 0.349. The number of likely N-dealkylation sites (tertiary alicyclic amines) is 1. The zero-order chi connectivity index (χ0) is 33.1. The molecule has 3 fully saturated rings. The van der Waals surface area contributed by atoms with Crippen molar-refractivity contribution in [3.63, 3.8) is 0 Å². The standard InChI is InChI=1S/C34H63N3O7/c1-21(2)37-15-13-25(14-16-37)27-20-42-32(40)33(6,7)29(39)24(5)30(34(8,41-12)18-22(3)19-36(27)11)44-31-28(38)26(35(9)10)17-23(4)43-31/h21-28,30-31,38H,13-20H2,1-12H3/t22-,23-,24+,26+,27+,28-,30-,31+,34-/m1/s1. The van der Waals surface area contributed by atoms with Crippen molar-refractivity contribution in [3.05, 3.63) is 0 Å². The molecule has 0 aromatic rings. The molecule has 3 rings (SSSR count). The normalized spacial score (nSPS) is 39.5. The van der Waals surface area contributed by atoms with Crippen LogP contribution < -0.4 is 0 Å². The van der Waals surface area contributed by atoms with E-state index in [0.717, 1.165) is 32.5 Å². The SMILES string of the molecule is CO[C@]1(C)C[C@@H](C)CN(C)[C@H](C2CCN(C(C)C)CC2)COC(=O)C(C)(C)C(=O)[C@H](C)[C@H]1O[C@@H]1O[C@H](C)C[C@H](N(C)C)[C@H]1O. The number of ketones is 1. The fourth-order valence-corrected chi connectivity index (χ4v) is 7.88. The highest BCUT2D eigenvalue weighted by molar-refractivity contribution is 6.04. The van der Waals surface area contributed by atoms with E-state index < -0.39 is 41.4 Å². The molecule has 1 N–H and O–H groups in total. The first kappa shape index (κ1) is 37.3. The number of hydrogen-bond acceptors (Lipinski definition) is 10. The van der Waals surface area contributed by atoms with Crippen LogP contribution in [0.5, 0.6) is 0 Å². The van der Waals surface area contributed by atoms with Crippen LogP contribution in [0.15, 0.2) is 0 Å². The number of aliphatic hydroxyl groups is 1. The van der Waals surface area contributed by atoms with E-state index in [9.17, 15) is 14.7 Å². The maximum absolute atomic E-state index is 14.2. The molecule has 44 heavy (non-hydrogen) atoms. The summed E-state index contributed by atoms with van der Waals surface area (Å²) in [7, 11) is 7.63. The topological polar surface area (TPSA) is 101 Å². The molecule has 3 aliphatic rings. The fourth-order valence-electron chi connectivity index (χ4n) is 7.88. The molecule has 3 aliphatic heterocycles. The summed E-state index contributed by atoms with van der Waals surface area (Å²) < 4.78 is 25.1. The number of Topliss-reactive ketones (excluding diaryl/α,β-unsaturated/α-hetero) is 1. The van der Waals surface area contributed by atoms with Crippen molar-refractivity contribution in [1.82, 2.24) is 14.7 Å². The van der Waals surface area contributed by atoms with E-state index in [1.54, 1.807) is 27.9 Å². The van der Waals surface area contributed by atoms with Gasteiger partial charge >= 0.3 is 5.97 Å². The van der Waals surface area contributed by atoms with Crippen LogP contribution in [-0.4, -0.2) is 134 Å². The number of methoxy groups -OCH3 is 1. The Morgan fingerprint density at radius 2 is 1.68 bits per heavy atom. The predicted octanol–water partition coefficient (Wildman–Crippen LogP) is 3.44. The summed E-state index contributed by atoms with van der Waals surface area (Å²) >= 11 is 0. The van der Waals surface area contributed by atoms with E-state index in [1.165, 1.54) is 0 Å². The molecular weight excluding hydrogens is 562 g/mol. The van der Waals surface area contributed by atoms with Gasteiger partial charge in [-0.1, -0.05) is 13.8 Å². The molecule has 0 amide bonds. The first-order chi connectivity index (χ1) is 20.4. The maximum atomic E-state index is 14.2. The number of likely N-dealkylation sites (N-methyl/N-ethyl adjacent to an activating group) is 2. The number of aliphatic hydroxyl groups excluding tert-OH is 1. The van der Waals surface area contributed by atoms with Gasteiger partial charge in [0.15, 0.2) is 12.1 Å². The van der Waals surface area contributed by atoms with Crippen LogP contribution >= 0.6 is 0 Å². The second kappa shape index (κ2) is 15.2. The van der Waals surface area contributed by atoms with Gasteiger partial charge in [0.25, 0.3) is 0 Å². The van der Waals surface area contributed by atoms with E-state index in [1.807, 2.05) is 32.8 Å². The smallest absolute Gasteiger partial charge is 0.319 e. The van der Waals surface area contributed by atoms with Gasteiger partial charge in [-0.2, -0.15) is 0 Å². The van der Waals surface area contributed by atoms with Crippen LogP contribution in [0.25, 0.3) is 0 Å². The van der Waals surface area contributed by atoms with Gasteiger partial charge in [0.05, 0.1) is 17.8 Å². The first-order valence-corrected chi connectivity index (χ1v) is 16.8. The fraction of sp³-hybridized carbons (Fsp3) is 0.941. The number of rotatable bonds is 6. The Morgan fingerprint density at radius 1 is 1.07 bits per heavy atom. The van der Waals surface area contributed by atoms with Gasteiger partial charge in [0.1, 0.15) is 18.1 Å². The van der Waals surface area contributed by atoms with Gasteiger partial charge in [-0.25, -0.2) is 0 Å². The highest BCUT2D eigenvalue weighted by atomic mass is 16.7. The molecule has 0 spiro atoms. The van der Waals surface area contributed by atoms with Gasteiger partial charge in [-0.15, -0.1) is 0 Å². The second-order valence-corrected chi connectivity index (χ2v) is 15.3. The highest BCUT2D eigenvalue weighted by Gasteiger charge is 2.51. The van der Waals surface area contributed by atoms with Crippen LogP contribution in [0.2, 0.25) is 0 Å². The minimum absolute atomic E-state index is 0.0517. The number of carbonyl (C=O) groups is 2. The zero-order valence-corrected chi connectivity index (χ0v) is 29.7. The Hall–Kier alpha value is -1.14. The molecule has 0 radical (unpaired) electrons. The largest absolute Gasteiger partial charge is 0.463 e. The number of hydrogen-bond donors (Lipinski definition) is 1. The van der Waals surface area contributed by atoms with Crippen molar-refractivity contribution in [1.29, 1.82) is 0 Å². The molecule has 0 aliphatic carbocycles. The van der Waals surface area contributed by atoms with Gasteiger partial charge in [0, 0.05) is 37.7 Å². The number of carbonyl (C=O) groups excluding carboxylic acids is 2. The number of esters is 1. The third-order valence-electron chi connectivity index (χ3n) is 10.8. The summed E-state index contributed by atoms with van der Waals surface area (Å²) in [6, 6.07) is 0.400. The van der Waals surface area contributed by atoms with Gasteiger partial charge in [-0.3, -0.25) is 14.5 Å². The van der Waals surface area contributed by atoms with E-state index in [-0.39, 0.29) is 36.5 Å². The van der Waals surface area contributed by atoms with Crippen molar-refractivity contribution >= 4 is 11.8 Å². The van der Waals surface area contributed by atoms with Gasteiger partial charge in [0.2, 0.25) is 0 Å². The average Bonchev–Trinajstić information content (AvgIpc) is 2.95. The summed E-state index contributed by atoms with van der Waals surface area (Å²) in [6.07, 6.45) is 0.552. The lowest BCUT2D eigenvalue weighted by atomic mass is 9.74. The van der Waals surface area contributed by atoms with Crippen molar-refractivity contribution < 1.29 is 33.6 Å². The first-order valence-electron chi connectivity index (χ1n) is 16.8. The molecule has 10 heteroatoms. The van der Waals surface area contributed by atoms with Crippen molar-refractivity contribution in [2.75, 3.05) is 54.5 Å². The van der Waals surface area contributed by atoms with Crippen molar-refractivity contribution in [2.24, 2.45) is 23.2 Å². The number of piperidine rings is 1. The minimum atomic E-state index is -1.40. The van der Waals surface area contributed by atoms with Gasteiger partial charge in [-0.05, 0) is 113 Å². The molecule has 0 aromatic carbocycles. The zero-order valence-electron chi connectivity index (χ0n) is 29.7. The summed E-state index contributed by atoms with van der Waals surface area (Å²) in [6.45, 7) is 18.8. The number of nitrogens with zero attached hydrogens (tertiary/aromatic N) is 3. The monoisotopic (exact) mass is 625 g/mol. The number of cyclic esters (lactones) is 1. The Labute approximate surface area is 267 Å². The lowest BCUT2D eigenvalue weighted by molar-refractivity contribution is -0.295. The van der Waals surface area contributed by atoms with Crippen LogP contribution in [0.1, 0.15) is 81.1 Å². The summed E-state index contributed by atoms with van der Waals surface area (Å²) in [5, 5.41) is 11.3. The molecular formula is C34H63N3O7. The van der Waals surface area contributed by atoms with E-state index in [2.05, 4.69) is 37.6 Å².